The Bertz CT molecular complexity index is 805. The molecule has 0 saturated carbocycles. The molecule has 1 fully saturated rings. The Morgan fingerprint density at radius 1 is 1.15 bits per heavy atom. The third-order valence-electron chi connectivity index (χ3n) is 5.15. The van der Waals surface area contributed by atoms with E-state index in [1.54, 1.807) is 12.1 Å². The van der Waals surface area contributed by atoms with Gasteiger partial charge < -0.3 is 5.32 Å². The van der Waals surface area contributed by atoms with Crippen LogP contribution in [0, 0.1) is 10.1 Å². The minimum absolute atomic E-state index is 0.0817. The van der Waals surface area contributed by atoms with Crippen molar-refractivity contribution in [1.82, 2.24) is 10.2 Å². The van der Waals surface area contributed by atoms with Gasteiger partial charge in [-0.2, -0.15) is 0 Å². The lowest BCUT2D eigenvalue weighted by atomic mass is 10.0. The lowest BCUT2D eigenvalue weighted by Gasteiger charge is -2.33. The molecule has 1 unspecified atom stereocenters. The fraction of sp³-hybridized carbons (Fsp3) is 0.381. The van der Waals surface area contributed by atoms with Gasteiger partial charge in [-0.25, -0.2) is 0 Å². The molecule has 6 nitrogen and oxygen atoms in total. The van der Waals surface area contributed by atoms with E-state index in [1.165, 1.54) is 37.0 Å². The van der Waals surface area contributed by atoms with E-state index in [0.717, 1.165) is 18.7 Å². The molecular weight excluding hydrogens is 342 g/mol. The van der Waals surface area contributed by atoms with Crippen molar-refractivity contribution in [3.8, 4) is 0 Å². The Morgan fingerprint density at radius 2 is 1.85 bits per heavy atom. The summed E-state index contributed by atoms with van der Waals surface area (Å²) in [5, 5.41) is 13.8. The maximum Gasteiger partial charge on any atom is 0.282 e. The van der Waals surface area contributed by atoms with Gasteiger partial charge in [0.2, 0.25) is 0 Å². The van der Waals surface area contributed by atoms with Gasteiger partial charge in [-0.15, -0.1) is 0 Å². The van der Waals surface area contributed by atoms with E-state index in [1.807, 2.05) is 12.1 Å². The normalized spacial score (nSPS) is 17.4. The minimum atomic E-state index is -0.536. The van der Waals surface area contributed by atoms with E-state index >= 15 is 0 Å². The van der Waals surface area contributed by atoms with Crippen molar-refractivity contribution in [3.63, 3.8) is 0 Å². The van der Waals surface area contributed by atoms with Gasteiger partial charge in [0.1, 0.15) is 5.56 Å². The molecule has 0 radical (unpaired) electrons. The molecule has 2 aromatic carbocycles. The van der Waals surface area contributed by atoms with Crippen molar-refractivity contribution in [2.75, 3.05) is 6.54 Å². The Kier molecular flexibility index (Phi) is 6.19. The highest BCUT2D eigenvalue weighted by molar-refractivity contribution is 5.98. The van der Waals surface area contributed by atoms with Gasteiger partial charge in [0, 0.05) is 25.2 Å². The first-order chi connectivity index (χ1) is 13.0. The first-order valence-corrected chi connectivity index (χ1v) is 9.38. The summed E-state index contributed by atoms with van der Waals surface area (Å²) in [7, 11) is 0. The van der Waals surface area contributed by atoms with Gasteiger partial charge >= 0.3 is 0 Å². The van der Waals surface area contributed by atoms with E-state index in [-0.39, 0.29) is 11.3 Å². The SMILES string of the molecule is CC1CCCCN1Cc1ccc(CNC(=O)c2ccccc2[N+](=O)[O-])cc1. The first kappa shape index (κ1) is 19.0. The standard InChI is InChI=1S/C21H25N3O3/c1-16-6-4-5-13-23(16)15-18-11-9-17(10-12-18)14-22-21(25)19-7-2-3-8-20(19)24(26)27/h2-3,7-12,16H,4-6,13-15H2,1H3,(H,22,25). The van der Waals surface area contributed by atoms with Crippen LogP contribution in [-0.2, 0) is 13.1 Å². The molecule has 0 spiro atoms. The molecule has 27 heavy (non-hydrogen) atoms. The fourth-order valence-corrected chi connectivity index (χ4v) is 3.49. The summed E-state index contributed by atoms with van der Waals surface area (Å²) < 4.78 is 0. The van der Waals surface area contributed by atoms with E-state index in [4.69, 9.17) is 0 Å². The average Bonchev–Trinajstić information content (AvgIpc) is 2.69. The minimum Gasteiger partial charge on any atom is -0.348 e. The van der Waals surface area contributed by atoms with Gasteiger partial charge in [-0.05, 0) is 43.5 Å². The zero-order valence-corrected chi connectivity index (χ0v) is 15.6. The predicted molar refractivity (Wildman–Crippen MR) is 104 cm³/mol. The van der Waals surface area contributed by atoms with Gasteiger partial charge in [-0.3, -0.25) is 19.8 Å². The Morgan fingerprint density at radius 3 is 2.56 bits per heavy atom. The van der Waals surface area contributed by atoms with E-state index in [9.17, 15) is 14.9 Å². The van der Waals surface area contributed by atoms with Crippen LogP contribution in [0.15, 0.2) is 48.5 Å². The number of nitro benzene ring substituents is 1. The molecule has 1 aliphatic heterocycles. The first-order valence-electron chi connectivity index (χ1n) is 9.38. The molecule has 0 aromatic heterocycles. The van der Waals surface area contributed by atoms with Crippen LogP contribution >= 0.6 is 0 Å². The summed E-state index contributed by atoms with van der Waals surface area (Å²) >= 11 is 0. The van der Waals surface area contributed by atoms with Crippen LogP contribution in [0.1, 0.15) is 47.7 Å². The predicted octanol–water partition coefficient (Wildman–Crippen LogP) is 3.90. The molecule has 1 heterocycles. The van der Waals surface area contributed by atoms with Gasteiger partial charge in [0.15, 0.2) is 0 Å². The van der Waals surface area contributed by atoms with Crippen molar-refractivity contribution in [2.24, 2.45) is 0 Å². The number of carbonyl (C=O) groups excluding carboxylic acids is 1. The molecule has 3 rings (SSSR count). The summed E-state index contributed by atoms with van der Waals surface area (Å²) in [6.45, 7) is 4.72. The van der Waals surface area contributed by atoms with Crippen LogP contribution in [0.2, 0.25) is 0 Å². The Hall–Kier alpha value is -2.73. The van der Waals surface area contributed by atoms with Crippen molar-refractivity contribution < 1.29 is 9.72 Å². The molecule has 1 atom stereocenters. The van der Waals surface area contributed by atoms with Gasteiger partial charge in [0.05, 0.1) is 4.92 Å². The van der Waals surface area contributed by atoms with Crippen molar-refractivity contribution in [3.05, 3.63) is 75.3 Å². The summed E-state index contributed by atoms with van der Waals surface area (Å²) in [5.41, 5.74) is 2.13. The number of hydrogen-bond acceptors (Lipinski definition) is 4. The zero-order valence-electron chi connectivity index (χ0n) is 15.6. The van der Waals surface area contributed by atoms with Crippen LogP contribution in [-0.4, -0.2) is 28.3 Å². The highest BCUT2D eigenvalue weighted by atomic mass is 16.6. The largest absolute Gasteiger partial charge is 0.348 e. The monoisotopic (exact) mass is 367 g/mol. The Balaban J connectivity index is 1.57. The summed E-state index contributed by atoms with van der Waals surface area (Å²) in [4.78, 5) is 25.3. The van der Waals surface area contributed by atoms with Crippen molar-refractivity contribution in [1.29, 1.82) is 0 Å². The lowest BCUT2D eigenvalue weighted by Crippen LogP contribution is -2.36. The highest BCUT2D eigenvalue weighted by Gasteiger charge is 2.19. The summed E-state index contributed by atoms with van der Waals surface area (Å²) in [6, 6.07) is 14.8. The molecule has 6 heteroatoms. The summed E-state index contributed by atoms with van der Waals surface area (Å²) in [6.07, 6.45) is 3.84. The van der Waals surface area contributed by atoms with Crippen LogP contribution in [0.4, 0.5) is 5.69 Å². The molecule has 1 saturated heterocycles. The van der Waals surface area contributed by atoms with Crippen LogP contribution in [0.25, 0.3) is 0 Å². The lowest BCUT2D eigenvalue weighted by molar-refractivity contribution is -0.385. The third-order valence-corrected chi connectivity index (χ3v) is 5.15. The van der Waals surface area contributed by atoms with Gasteiger partial charge in [-0.1, -0.05) is 42.8 Å². The zero-order chi connectivity index (χ0) is 19.2. The third kappa shape index (κ3) is 4.92. The Labute approximate surface area is 159 Å². The topological polar surface area (TPSA) is 75.5 Å². The smallest absolute Gasteiger partial charge is 0.282 e. The molecule has 1 amide bonds. The maximum atomic E-state index is 12.3. The summed E-state index contributed by atoms with van der Waals surface area (Å²) in [5.74, 6) is -0.437. The number of likely N-dealkylation sites (tertiary alicyclic amines) is 1. The van der Waals surface area contributed by atoms with Crippen LogP contribution in [0.3, 0.4) is 0 Å². The second-order valence-corrected chi connectivity index (χ2v) is 7.09. The molecule has 2 aromatic rings. The molecule has 0 aliphatic carbocycles. The molecule has 1 aliphatic rings. The van der Waals surface area contributed by atoms with E-state index in [0.29, 0.717) is 12.6 Å². The number of piperidine rings is 1. The number of nitrogens with zero attached hydrogens (tertiary/aromatic N) is 2. The van der Waals surface area contributed by atoms with Crippen LogP contribution in [0.5, 0.6) is 0 Å². The van der Waals surface area contributed by atoms with Gasteiger partial charge in [0.25, 0.3) is 11.6 Å². The number of benzene rings is 2. The van der Waals surface area contributed by atoms with E-state index < -0.39 is 10.8 Å². The second kappa shape index (κ2) is 8.77. The highest BCUT2D eigenvalue weighted by Crippen LogP contribution is 2.20. The fourth-order valence-electron chi connectivity index (χ4n) is 3.49. The van der Waals surface area contributed by atoms with Crippen LogP contribution < -0.4 is 5.32 Å². The number of amides is 1. The number of rotatable bonds is 6. The maximum absolute atomic E-state index is 12.3. The number of nitrogens with one attached hydrogen (secondary N) is 1. The van der Waals surface area contributed by atoms with Crippen molar-refractivity contribution >= 4 is 11.6 Å². The quantitative estimate of drug-likeness (QED) is 0.621. The second-order valence-electron chi connectivity index (χ2n) is 7.09. The molecule has 0 bridgehead atoms. The van der Waals surface area contributed by atoms with Crippen molar-refractivity contribution in [2.45, 2.75) is 45.3 Å². The molecular formula is C21H25N3O3. The average molecular weight is 367 g/mol. The van der Waals surface area contributed by atoms with E-state index in [2.05, 4.69) is 29.3 Å². The molecule has 142 valence electrons. The number of nitro groups is 1. The number of para-hydroxylation sites is 1. The molecule has 1 N–H and O–H groups in total. The number of carbonyl (C=O) groups is 1. The number of hydrogen-bond donors (Lipinski definition) is 1.